The molecule has 198 valence electrons. The molecule has 1 atom stereocenters. The van der Waals surface area contributed by atoms with Crippen LogP contribution in [-0.4, -0.2) is 33.8 Å². The molecule has 1 N–H and O–H groups in total. The van der Waals surface area contributed by atoms with Crippen molar-refractivity contribution in [3.63, 3.8) is 0 Å². The van der Waals surface area contributed by atoms with Crippen molar-refractivity contribution in [1.82, 2.24) is 4.57 Å². The molecule has 0 spiro atoms. The Morgan fingerprint density at radius 1 is 1.26 bits per heavy atom. The van der Waals surface area contributed by atoms with Crippen LogP contribution in [-0.2, 0) is 9.53 Å². The predicted molar refractivity (Wildman–Crippen MR) is 143 cm³/mol. The number of fused-ring (bicyclic) bond motifs is 1. The van der Waals surface area contributed by atoms with Crippen molar-refractivity contribution in [2.45, 2.75) is 33.7 Å². The summed E-state index contributed by atoms with van der Waals surface area (Å²) in [7, 11) is 0. The summed E-state index contributed by atoms with van der Waals surface area (Å²) in [5, 5.41) is 21.9. The van der Waals surface area contributed by atoms with Crippen molar-refractivity contribution in [3.8, 4) is 11.5 Å². The first-order valence-corrected chi connectivity index (χ1v) is 12.9. The topological polar surface area (TPSA) is 133 Å². The van der Waals surface area contributed by atoms with Gasteiger partial charge < -0.3 is 14.6 Å². The van der Waals surface area contributed by atoms with Crippen molar-refractivity contribution in [2.75, 3.05) is 13.2 Å². The molecule has 10 nitrogen and oxygen atoms in total. The molecule has 0 amide bonds. The van der Waals surface area contributed by atoms with Crippen molar-refractivity contribution in [2.24, 2.45) is 4.99 Å². The first kappa shape index (κ1) is 27.1. The highest BCUT2D eigenvalue weighted by atomic mass is 35.5. The number of hydrogen-bond acceptors (Lipinski definition) is 9. The maximum absolute atomic E-state index is 13.7. The van der Waals surface area contributed by atoms with Crippen LogP contribution in [0.15, 0.2) is 51.4 Å². The molecule has 0 aliphatic carbocycles. The van der Waals surface area contributed by atoms with Crippen LogP contribution in [0.5, 0.6) is 11.5 Å². The molecule has 0 bridgehead atoms. The lowest BCUT2D eigenvalue weighted by Crippen LogP contribution is -2.40. The van der Waals surface area contributed by atoms with Crippen LogP contribution in [0.3, 0.4) is 0 Å². The predicted octanol–water partition coefficient (Wildman–Crippen LogP) is 3.77. The Morgan fingerprint density at radius 3 is 2.66 bits per heavy atom. The van der Waals surface area contributed by atoms with E-state index in [4.69, 9.17) is 21.1 Å². The summed E-state index contributed by atoms with van der Waals surface area (Å²) in [6, 6.07) is 6.65. The third-order valence-electron chi connectivity index (χ3n) is 5.91. The van der Waals surface area contributed by atoms with Crippen molar-refractivity contribution in [3.05, 3.63) is 93.1 Å². The fraction of sp³-hybridized carbons (Fsp3) is 0.269. The van der Waals surface area contributed by atoms with Crippen molar-refractivity contribution < 1.29 is 24.3 Å². The first-order chi connectivity index (χ1) is 18.1. The van der Waals surface area contributed by atoms with Gasteiger partial charge in [-0.05, 0) is 57.0 Å². The number of nitro benzene ring substituents is 1. The Morgan fingerprint density at radius 2 is 2.00 bits per heavy atom. The number of ether oxygens (including phenoxy) is 2. The average molecular weight is 558 g/mol. The van der Waals surface area contributed by atoms with Crippen LogP contribution < -0.4 is 19.6 Å². The number of carbonyl (C=O) groups is 1. The molecule has 1 aromatic heterocycles. The molecule has 2 heterocycles. The second kappa shape index (κ2) is 10.8. The lowest BCUT2D eigenvalue weighted by atomic mass is 9.94. The summed E-state index contributed by atoms with van der Waals surface area (Å²) in [4.78, 5) is 42.7. The summed E-state index contributed by atoms with van der Waals surface area (Å²) in [5.41, 5.74) is 1.19. The molecule has 0 radical (unpaired) electrons. The number of esters is 1. The molecule has 12 heteroatoms. The summed E-state index contributed by atoms with van der Waals surface area (Å²) in [5.74, 6) is -0.699. The fourth-order valence-electron chi connectivity index (χ4n) is 4.19. The quantitative estimate of drug-likeness (QED) is 0.265. The van der Waals surface area contributed by atoms with Crippen LogP contribution >= 0.6 is 22.9 Å². The molecule has 1 aliphatic heterocycles. The summed E-state index contributed by atoms with van der Waals surface area (Å²) in [6.07, 6.45) is 1.58. The Balaban J connectivity index is 1.98. The maximum Gasteiger partial charge on any atom is 0.338 e. The van der Waals surface area contributed by atoms with Gasteiger partial charge in [-0.3, -0.25) is 19.5 Å². The number of aromatic nitrogens is 1. The van der Waals surface area contributed by atoms with Crippen LogP contribution in [0.25, 0.3) is 6.08 Å². The molecule has 4 rings (SSSR count). The van der Waals surface area contributed by atoms with Gasteiger partial charge in [0, 0.05) is 11.6 Å². The second-order valence-electron chi connectivity index (χ2n) is 8.39. The molecule has 0 saturated heterocycles. The number of rotatable bonds is 7. The second-order valence-corrected chi connectivity index (χ2v) is 9.80. The van der Waals surface area contributed by atoms with Crippen LogP contribution in [0.4, 0.5) is 5.69 Å². The van der Waals surface area contributed by atoms with Gasteiger partial charge in [0.05, 0.1) is 45.0 Å². The smallest absolute Gasteiger partial charge is 0.338 e. The Bertz CT molecular complexity index is 1670. The lowest BCUT2D eigenvalue weighted by Gasteiger charge is -2.24. The minimum Gasteiger partial charge on any atom is -0.503 e. The number of halogens is 1. The van der Waals surface area contributed by atoms with Crippen molar-refractivity contribution >= 4 is 40.7 Å². The van der Waals surface area contributed by atoms with Crippen molar-refractivity contribution in [1.29, 1.82) is 0 Å². The molecule has 0 fully saturated rings. The number of allylic oxidation sites excluding steroid dienone is 1. The zero-order chi connectivity index (χ0) is 27.7. The van der Waals surface area contributed by atoms with E-state index >= 15 is 0 Å². The SMILES string of the molecule is CCOC(=O)C1=C(C)N=c2s/c(=C/c3cc(Cl)c(O)c(OCC)c3)c(=O)n2[C@H]1c1ccc(C)c([N+](=O)[O-])c1. The number of aryl methyl sites for hydroxylation is 1. The summed E-state index contributed by atoms with van der Waals surface area (Å²) in [6.45, 7) is 7.07. The molecule has 2 aromatic carbocycles. The Labute approximate surface area is 225 Å². The van der Waals surface area contributed by atoms with Gasteiger partial charge in [0.25, 0.3) is 11.2 Å². The first-order valence-electron chi connectivity index (χ1n) is 11.7. The highest BCUT2D eigenvalue weighted by Gasteiger charge is 2.34. The number of phenolic OH excluding ortho intramolecular Hbond substituents is 1. The third-order valence-corrected chi connectivity index (χ3v) is 7.18. The molecular weight excluding hydrogens is 534 g/mol. The highest BCUT2D eigenvalue weighted by Crippen LogP contribution is 2.36. The number of benzene rings is 2. The van der Waals surface area contributed by atoms with Crippen LogP contribution in [0.2, 0.25) is 5.02 Å². The van der Waals surface area contributed by atoms with E-state index in [0.717, 1.165) is 11.3 Å². The summed E-state index contributed by atoms with van der Waals surface area (Å²) >= 11 is 7.25. The van der Waals surface area contributed by atoms with Gasteiger partial charge in [0.2, 0.25) is 0 Å². The van der Waals surface area contributed by atoms with Gasteiger partial charge in [-0.15, -0.1) is 0 Å². The largest absolute Gasteiger partial charge is 0.503 e. The minimum atomic E-state index is -0.992. The number of nitrogens with zero attached hydrogens (tertiary/aromatic N) is 3. The molecule has 3 aromatic rings. The summed E-state index contributed by atoms with van der Waals surface area (Å²) < 4.78 is 12.3. The molecule has 1 aliphatic rings. The van der Waals surface area contributed by atoms with E-state index in [-0.39, 0.29) is 38.9 Å². The van der Waals surface area contributed by atoms with Gasteiger partial charge in [-0.25, -0.2) is 9.79 Å². The van der Waals surface area contributed by atoms with Gasteiger partial charge >= 0.3 is 5.97 Å². The zero-order valence-electron chi connectivity index (χ0n) is 21.0. The van der Waals surface area contributed by atoms with Gasteiger partial charge in [-0.1, -0.05) is 35.1 Å². The molecule has 0 saturated carbocycles. The monoisotopic (exact) mass is 557 g/mol. The number of thiazole rings is 1. The lowest BCUT2D eigenvalue weighted by molar-refractivity contribution is -0.385. The van der Waals surface area contributed by atoms with Crippen LogP contribution in [0, 0.1) is 17.0 Å². The maximum atomic E-state index is 13.7. The van der Waals surface area contributed by atoms with E-state index < -0.39 is 22.5 Å². The molecule has 0 unspecified atom stereocenters. The van der Waals surface area contributed by atoms with E-state index in [0.29, 0.717) is 33.8 Å². The number of aromatic hydroxyl groups is 1. The van der Waals surface area contributed by atoms with E-state index in [1.807, 2.05) is 0 Å². The standard InChI is InChI=1S/C26H24ClN3O7S/c1-5-36-19-10-15(9-17(27)23(19)31)11-20-24(32)29-22(16-8-7-13(3)18(12-16)30(34)35)21(25(33)37-6-2)14(4)28-26(29)38-20/h7-12,22,31H,5-6H2,1-4H3/b20-11+/t22-/m0/s1. The Hall–Kier alpha value is -3.96. The minimum absolute atomic E-state index is 0.0558. The van der Waals surface area contributed by atoms with Gasteiger partial charge in [0.1, 0.15) is 0 Å². The zero-order valence-corrected chi connectivity index (χ0v) is 22.6. The number of phenols is 1. The number of hydrogen-bond donors (Lipinski definition) is 1. The van der Waals surface area contributed by atoms with E-state index in [1.165, 1.54) is 16.7 Å². The molecular formula is C26H24ClN3O7S. The normalized spacial score (nSPS) is 15.2. The fourth-order valence-corrected chi connectivity index (χ4v) is 5.46. The number of nitro groups is 1. The van der Waals surface area contributed by atoms with Crippen LogP contribution in [0.1, 0.15) is 43.5 Å². The van der Waals surface area contributed by atoms with E-state index in [9.17, 15) is 24.8 Å². The van der Waals surface area contributed by atoms with Gasteiger partial charge in [-0.2, -0.15) is 0 Å². The third kappa shape index (κ3) is 4.94. The molecule has 38 heavy (non-hydrogen) atoms. The van der Waals surface area contributed by atoms with E-state index in [2.05, 4.69) is 4.99 Å². The number of carbonyl (C=O) groups excluding carboxylic acids is 1. The van der Waals surface area contributed by atoms with Gasteiger partial charge in [0.15, 0.2) is 16.3 Å². The van der Waals surface area contributed by atoms with E-state index in [1.54, 1.807) is 52.0 Å². The highest BCUT2D eigenvalue weighted by molar-refractivity contribution is 7.07. The average Bonchev–Trinajstić information content (AvgIpc) is 3.16. The Kier molecular flexibility index (Phi) is 7.70.